The number of carboxylic acid groups (broad SMARTS) is 1. The van der Waals surface area contributed by atoms with Crippen LogP contribution >= 0.6 is 0 Å². The van der Waals surface area contributed by atoms with E-state index in [4.69, 9.17) is 4.74 Å². The molecule has 11 nitrogen and oxygen atoms in total. The lowest BCUT2D eigenvalue weighted by molar-refractivity contribution is -0.151. The summed E-state index contributed by atoms with van der Waals surface area (Å²) in [6.45, 7) is 6.00. The quantitative estimate of drug-likeness (QED) is 0.262. The van der Waals surface area contributed by atoms with Gasteiger partial charge in [0.05, 0.1) is 6.20 Å². The number of carbonyl (C=O) groups excluding carboxylic acids is 2. The van der Waals surface area contributed by atoms with Gasteiger partial charge >= 0.3 is 18.2 Å². The van der Waals surface area contributed by atoms with Crippen molar-refractivity contribution in [1.29, 1.82) is 0 Å². The van der Waals surface area contributed by atoms with Crippen LogP contribution in [-0.4, -0.2) is 76.3 Å². The number of anilines is 4. The van der Waals surface area contributed by atoms with E-state index in [0.717, 1.165) is 17.7 Å². The first-order valence-corrected chi connectivity index (χ1v) is 14.6. The molecule has 45 heavy (non-hydrogen) atoms. The van der Waals surface area contributed by atoms with E-state index >= 15 is 0 Å². The van der Waals surface area contributed by atoms with Crippen molar-refractivity contribution in [3.63, 3.8) is 0 Å². The fraction of sp³-hybridized carbons (Fsp3) is 0.387. The number of halogens is 3. The summed E-state index contributed by atoms with van der Waals surface area (Å²) in [5.41, 5.74) is 0.560. The third-order valence-electron chi connectivity index (χ3n) is 7.20. The Morgan fingerprint density at radius 2 is 1.67 bits per heavy atom. The number of amides is 2. The number of para-hydroxylation sites is 1. The number of rotatable bonds is 12. The van der Waals surface area contributed by atoms with Crippen LogP contribution in [0.2, 0.25) is 0 Å². The lowest BCUT2D eigenvalue weighted by atomic mass is 10.1. The molecule has 2 aromatic carbocycles. The number of carboxylic acids is 1. The van der Waals surface area contributed by atoms with Gasteiger partial charge in [0.25, 0.3) is 0 Å². The van der Waals surface area contributed by atoms with Crippen molar-refractivity contribution in [1.82, 2.24) is 14.9 Å². The van der Waals surface area contributed by atoms with E-state index < -0.39 is 36.6 Å². The van der Waals surface area contributed by atoms with Crippen molar-refractivity contribution in [2.24, 2.45) is 0 Å². The zero-order valence-corrected chi connectivity index (χ0v) is 25.0. The molecule has 1 aromatic heterocycles. The third kappa shape index (κ3) is 8.83. The molecule has 14 heteroatoms. The highest BCUT2D eigenvalue weighted by Crippen LogP contribution is 2.35. The van der Waals surface area contributed by atoms with Crippen molar-refractivity contribution in [3.8, 4) is 5.75 Å². The van der Waals surface area contributed by atoms with Gasteiger partial charge in [0, 0.05) is 38.3 Å². The van der Waals surface area contributed by atoms with Gasteiger partial charge in [-0.05, 0) is 56.5 Å². The average Bonchev–Trinajstić information content (AvgIpc) is 3.55. The largest absolute Gasteiger partial charge is 0.480 e. The summed E-state index contributed by atoms with van der Waals surface area (Å²) in [5.74, 6) is -2.17. The minimum Gasteiger partial charge on any atom is -0.480 e. The number of benzene rings is 2. The standard InChI is InChI=1S/C31H35F3N6O5/c1-3-38(4-2)29-35-20-25(40(22-10-6-5-7-11-22)26(41)19-31(32,33)34)27(37-29)36-24(28(42)43)18-21-12-14-23(15-13-21)45-30(44)39-16-8-9-17-39/h5-7,10-15,20,24H,3-4,8-9,16-19H2,1-2H3,(H,42,43)(H,35,36,37)/t24-/m0/s1. The second-order valence-corrected chi connectivity index (χ2v) is 10.4. The first kappa shape index (κ1) is 33.0. The average molecular weight is 629 g/mol. The molecule has 1 aliphatic rings. The molecule has 1 saturated heterocycles. The van der Waals surface area contributed by atoms with Gasteiger partial charge in [-0.3, -0.25) is 9.69 Å². The molecule has 4 rings (SSSR count). The molecule has 0 bridgehead atoms. The van der Waals surface area contributed by atoms with Crippen LogP contribution in [0.15, 0.2) is 60.8 Å². The number of hydrogen-bond donors (Lipinski definition) is 2. The van der Waals surface area contributed by atoms with Crippen molar-refractivity contribution < 1.29 is 37.4 Å². The minimum atomic E-state index is -4.79. The number of nitrogens with one attached hydrogen (secondary N) is 1. The van der Waals surface area contributed by atoms with E-state index in [9.17, 15) is 32.7 Å². The predicted molar refractivity (Wildman–Crippen MR) is 162 cm³/mol. The summed E-state index contributed by atoms with van der Waals surface area (Å²) in [5, 5.41) is 13.0. The molecule has 0 unspecified atom stereocenters. The maximum absolute atomic E-state index is 13.4. The summed E-state index contributed by atoms with van der Waals surface area (Å²) < 4.78 is 45.6. The van der Waals surface area contributed by atoms with Crippen LogP contribution in [0.3, 0.4) is 0 Å². The normalized spacial score (nSPS) is 13.7. The molecule has 3 aromatic rings. The second-order valence-electron chi connectivity index (χ2n) is 10.4. The Hall–Kier alpha value is -4.88. The maximum atomic E-state index is 13.4. The highest BCUT2D eigenvalue weighted by Gasteiger charge is 2.36. The number of aromatic nitrogens is 2. The van der Waals surface area contributed by atoms with Gasteiger partial charge in [-0.15, -0.1) is 0 Å². The van der Waals surface area contributed by atoms with E-state index in [0.29, 0.717) is 37.5 Å². The molecular weight excluding hydrogens is 593 g/mol. The molecule has 0 saturated carbocycles. The molecule has 240 valence electrons. The Morgan fingerprint density at radius 3 is 2.24 bits per heavy atom. The van der Waals surface area contributed by atoms with Crippen LogP contribution in [0.25, 0.3) is 0 Å². The first-order valence-electron chi connectivity index (χ1n) is 14.6. The fourth-order valence-corrected chi connectivity index (χ4v) is 4.90. The van der Waals surface area contributed by atoms with Gasteiger partial charge in [-0.1, -0.05) is 30.3 Å². The van der Waals surface area contributed by atoms with Crippen molar-refractivity contribution in [2.75, 3.05) is 41.3 Å². The van der Waals surface area contributed by atoms with E-state index in [-0.39, 0.29) is 29.6 Å². The van der Waals surface area contributed by atoms with Crippen LogP contribution < -0.4 is 19.9 Å². The van der Waals surface area contributed by atoms with Gasteiger partial charge in [0.1, 0.15) is 23.9 Å². The summed E-state index contributed by atoms with van der Waals surface area (Å²) >= 11 is 0. The molecule has 2 N–H and O–H groups in total. The molecule has 1 atom stereocenters. The zero-order valence-electron chi connectivity index (χ0n) is 25.0. The maximum Gasteiger partial charge on any atom is 0.415 e. The lowest BCUT2D eigenvalue weighted by Gasteiger charge is -2.28. The van der Waals surface area contributed by atoms with Gasteiger partial charge in [0.15, 0.2) is 5.82 Å². The Labute approximate surface area is 258 Å². The van der Waals surface area contributed by atoms with Crippen LogP contribution in [-0.2, 0) is 16.0 Å². The van der Waals surface area contributed by atoms with Crippen LogP contribution in [0, 0.1) is 0 Å². The third-order valence-corrected chi connectivity index (χ3v) is 7.20. The summed E-state index contributed by atoms with van der Waals surface area (Å²) in [6.07, 6.45) is -4.01. The second kappa shape index (κ2) is 14.7. The molecule has 1 aliphatic heterocycles. The molecular formula is C31H35F3N6O5. The van der Waals surface area contributed by atoms with Crippen LogP contribution in [0.4, 0.5) is 41.1 Å². The molecule has 1 fully saturated rings. The molecule has 2 amide bonds. The molecule has 0 spiro atoms. The fourth-order valence-electron chi connectivity index (χ4n) is 4.90. The minimum absolute atomic E-state index is 0.0679. The number of alkyl halides is 3. The molecule has 2 heterocycles. The van der Waals surface area contributed by atoms with Gasteiger partial charge in [0.2, 0.25) is 11.9 Å². The van der Waals surface area contributed by atoms with Gasteiger partial charge in [-0.25, -0.2) is 14.6 Å². The van der Waals surface area contributed by atoms with Gasteiger partial charge in [-0.2, -0.15) is 18.2 Å². The topological polar surface area (TPSA) is 128 Å². The smallest absolute Gasteiger partial charge is 0.415 e. The van der Waals surface area contributed by atoms with E-state index in [1.165, 1.54) is 18.3 Å². The zero-order chi connectivity index (χ0) is 32.6. The number of likely N-dealkylation sites (tertiary alicyclic amines) is 1. The molecule has 0 radical (unpaired) electrons. The number of ether oxygens (including phenoxy) is 1. The number of aliphatic carboxylic acids is 1. The Kier molecular flexibility index (Phi) is 10.8. The van der Waals surface area contributed by atoms with Crippen LogP contribution in [0.1, 0.15) is 38.7 Å². The van der Waals surface area contributed by atoms with E-state index in [1.54, 1.807) is 52.3 Å². The predicted octanol–water partition coefficient (Wildman–Crippen LogP) is 5.64. The van der Waals surface area contributed by atoms with E-state index in [2.05, 4.69) is 15.3 Å². The van der Waals surface area contributed by atoms with E-state index in [1.807, 2.05) is 13.8 Å². The van der Waals surface area contributed by atoms with Crippen LogP contribution in [0.5, 0.6) is 5.75 Å². The van der Waals surface area contributed by atoms with Crippen molar-refractivity contribution in [2.45, 2.75) is 51.7 Å². The number of hydrogen-bond acceptors (Lipinski definition) is 8. The Morgan fingerprint density at radius 1 is 1.02 bits per heavy atom. The molecule has 0 aliphatic carbocycles. The highest BCUT2D eigenvalue weighted by atomic mass is 19.4. The summed E-state index contributed by atoms with van der Waals surface area (Å²) in [6, 6.07) is 12.7. The SMILES string of the molecule is CCN(CC)c1ncc(N(C(=O)CC(F)(F)F)c2ccccc2)c(N[C@@H](Cc2ccc(OC(=O)N3CCCC3)cc2)C(=O)O)n1. The first-order chi connectivity index (χ1) is 21.5. The number of carbonyl (C=O) groups is 3. The summed E-state index contributed by atoms with van der Waals surface area (Å²) in [4.78, 5) is 50.9. The lowest BCUT2D eigenvalue weighted by Crippen LogP contribution is -2.35. The Bertz CT molecular complexity index is 1460. The summed E-state index contributed by atoms with van der Waals surface area (Å²) in [7, 11) is 0. The van der Waals surface area contributed by atoms with Crippen molar-refractivity contribution in [3.05, 3.63) is 66.4 Å². The van der Waals surface area contributed by atoms with Gasteiger partial charge < -0.3 is 25.0 Å². The highest BCUT2D eigenvalue weighted by molar-refractivity contribution is 6.03. The Balaban J connectivity index is 1.66. The monoisotopic (exact) mass is 628 g/mol. The number of nitrogens with zero attached hydrogens (tertiary/aromatic N) is 5. The van der Waals surface area contributed by atoms with Crippen molar-refractivity contribution >= 4 is 41.1 Å².